The second-order valence-corrected chi connectivity index (χ2v) is 6.97. The molecule has 0 heterocycles. The molecular formula is C15H22BrNS. The van der Waals surface area contributed by atoms with Gasteiger partial charge < -0.3 is 5.32 Å². The van der Waals surface area contributed by atoms with Crippen molar-refractivity contribution < 1.29 is 0 Å². The zero-order chi connectivity index (χ0) is 12.8. The number of benzene rings is 1. The topological polar surface area (TPSA) is 12.0 Å². The summed E-state index contributed by atoms with van der Waals surface area (Å²) in [5.41, 5.74) is 1.47. The maximum Gasteiger partial charge on any atom is 0.0178 e. The molecular weight excluding hydrogens is 306 g/mol. The number of nitrogens with one attached hydrogen (secondary N) is 1. The Labute approximate surface area is 123 Å². The van der Waals surface area contributed by atoms with Gasteiger partial charge in [0.1, 0.15) is 0 Å². The summed E-state index contributed by atoms with van der Waals surface area (Å²) < 4.78 is 1.20. The molecule has 0 saturated heterocycles. The smallest absolute Gasteiger partial charge is 0.0178 e. The molecule has 1 N–H and O–H groups in total. The Morgan fingerprint density at radius 3 is 2.94 bits per heavy atom. The first-order valence-electron chi connectivity index (χ1n) is 6.77. The van der Waals surface area contributed by atoms with E-state index in [2.05, 4.69) is 51.8 Å². The highest BCUT2D eigenvalue weighted by Gasteiger charge is 2.22. The van der Waals surface area contributed by atoms with Crippen LogP contribution in [0.3, 0.4) is 0 Å². The van der Waals surface area contributed by atoms with Crippen LogP contribution in [0.1, 0.15) is 37.2 Å². The highest BCUT2D eigenvalue weighted by molar-refractivity contribution is 9.10. The second kappa shape index (κ2) is 7.56. The zero-order valence-corrected chi connectivity index (χ0v) is 13.4. The quantitative estimate of drug-likeness (QED) is 0.709. The monoisotopic (exact) mass is 327 g/mol. The highest BCUT2D eigenvalue weighted by atomic mass is 79.9. The lowest BCUT2D eigenvalue weighted by Gasteiger charge is -2.18. The van der Waals surface area contributed by atoms with Crippen molar-refractivity contribution in [2.45, 2.75) is 37.6 Å². The molecule has 1 aromatic carbocycles. The van der Waals surface area contributed by atoms with Gasteiger partial charge in [-0.1, -0.05) is 28.1 Å². The average molecular weight is 328 g/mol. The zero-order valence-electron chi connectivity index (χ0n) is 11.0. The molecule has 0 bridgehead atoms. The van der Waals surface area contributed by atoms with Crippen molar-refractivity contribution in [3.05, 3.63) is 34.3 Å². The van der Waals surface area contributed by atoms with E-state index in [1.54, 1.807) is 0 Å². The van der Waals surface area contributed by atoms with Crippen LogP contribution >= 0.6 is 27.7 Å². The molecule has 1 fully saturated rings. The predicted molar refractivity (Wildman–Crippen MR) is 85.5 cm³/mol. The Morgan fingerprint density at radius 2 is 2.28 bits per heavy atom. The maximum atomic E-state index is 3.68. The van der Waals surface area contributed by atoms with E-state index in [1.807, 2.05) is 11.8 Å². The van der Waals surface area contributed by atoms with Gasteiger partial charge in [-0.15, -0.1) is 0 Å². The molecule has 0 aromatic heterocycles. The standard InChI is InChI=1S/C15H22BrNS/c1-18-9-3-5-13(11-17-15-7-8-15)12-4-2-6-14(16)10-12/h2,4,6,10,13,15,17H,3,5,7-9,11H2,1H3. The van der Waals surface area contributed by atoms with E-state index in [0.717, 1.165) is 12.6 Å². The van der Waals surface area contributed by atoms with E-state index in [-0.39, 0.29) is 0 Å². The fourth-order valence-corrected chi connectivity index (χ4v) is 3.09. The summed E-state index contributed by atoms with van der Waals surface area (Å²) in [5.74, 6) is 1.93. The van der Waals surface area contributed by atoms with Crippen LogP contribution in [-0.2, 0) is 0 Å². The van der Waals surface area contributed by atoms with Crippen LogP contribution in [0.25, 0.3) is 0 Å². The first-order valence-corrected chi connectivity index (χ1v) is 8.96. The molecule has 0 radical (unpaired) electrons. The average Bonchev–Trinajstić information content (AvgIpc) is 3.17. The van der Waals surface area contributed by atoms with Gasteiger partial charge in [0.25, 0.3) is 0 Å². The SMILES string of the molecule is CSCCCC(CNC1CC1)c1cccc(Br)c1. The third kappa shape index (κ3) is 4.94. The summed E-state index contributed by atoms with van der Waals surface area (Å²) in [6, 6.07) is 9.61. The van der Waals surface area contributed by atoms with Crippen LogP contribution in [-0.4, -0.2) is 24.6 Å². The molecule has 2 rings (SSSR count). The minimum atomic E-state index is 0.662. The van der Waals surface area contributed by atoms with Crippen molar-refractivity contribution in [3.8, 4) is 0 Å². The lowest BCUT2D eigenvalue weighted by Crippen LogP contribution is -2.23. The van der Waals surface area contributed by atoms with Gasteiger partial charge in [-0.05, 0) is 61.3 Å². The Hall–Kier alpha value is 0.01000. The first-order chi connectivity index (χ1) is 8.79. The van der Waals surface area contributed by atoms with E-state index < -0.39 is 0 Å². The van der Waals surface area contributed by atoms with Gasteiger partial charge >= 0.3 is 0 Å². The first kappa shape index (κ1) is 14.4. The van der Waals surface area contributed by atoms with Crippen LogP contribution in [0.15, 0.2) is 28.7 Å². The van der Waals surface area contributed by atoms with Gasteiger partial charge in [-0.3, -0.25) is 0 Å². The van der Waals surface area contributed by atoms with Gasteiger partial charge in [0.15, 0.2) is 0 Å². The number of halogens is 1. The molecule has 3 heteroatoms. The molecule has 1 atom stereocenters. The molecule has 0 amide bonds. The number of rotatable bonds is 8. The van der Waals surface area contributed by atoms with E-state index in [4.69, 9.17) is 0 Å². The van der Waals surface area contributed by atoms with Gasteiger partial charge in [-0.25, -0.2) is 0 Å². The Balaban J connectivity index is 1.92. The second-order valence-electron chi connectivity index (χ2n) is 5.07. The third-order valence-electron chi connectivity index (χ3n) is 3.45. The minimum Gasteiger partial charge on any atom is -0.313 e. The van der Waals surface area contributed by atoms with Crippen LogP contribution < -0.4 is 5.32 Å². The minimum absolute atomic E-state index is 0.662. The Kier molecular flexibility index (Phi) is 6.06. The van der Waals surface area contributed by atoms with Gasteiger partial charge in [0.05, 0.1) is 0 Å². The summed E-state index contributed by atoms with van der Waals surface area (Å²) in [6.45, 7) is 1.13. The van der Waals surface area contributed by atoms with Gasteiger partial charge in [-0.2, -0.15) is 11.8 Å². The molecule has 18 heavy (non-hydrogen) atoms. The molecule has 1 nitrogen and oxygen atoms in total. The van der Waals surface area contributed by atoms with Crippen LogP contribution in [0, 0.1) is 0 Å². The van der Waals surface area contributed by atoms with E-state index >= 15 is 0 Å². The highest BCUT2D eigenvalue weighted by Crippen LogP contribution is 2.26. The molecule has 0 aliphatic heterocycles. The van der Waals surface area contributed by atoms with Crippen molar-refractivity contribution in [3.63, 3.8) is 0 Å². The number of hydrogen-bond donors (Lipinski definition) is 1. The normalized spacial score (nSPS) is 16.8. The summed E-state index contributed by atoms with van der Waals surface area (Å²) in [5, 5.41) is 3.68. The Morgan fingerprint density at radius 1 is 1.44 bits per heavy atom. The summed E-state index contributed by atoms with van der Waals surface area (Å²) >= 11 is 5.53. The molecule has 1 aliphatic carbocycles. The number of thioether (sulfide) groups is 1. The molecule has 1 unspecified atom stereocenters. The Bertz CT molecular complexity index is 365. The van der Waals surface area contributed by atoms with E-state index in [0.29, 0.717) is 5.92 Å². The van der Waals surface area contributed by atoms with Crippen molar-refractivity contribution in [1.82, 2.24) is 5.32 Å². The van der Waals surface area contributed by atoms with E-state index in [1.165, 1.54) is 41.5 Å². The van der Waals surface area contributed by atoms with Crippen LogP contribution in [0.5, 0.6) is 0 Å². The fraction of sp³-hybridized carbons (Fsp3) is 0.600. The molecule has 1 aliphatic rings. The molecule has 0 spiro atoms. The summed E-state index contributed by atoms with van der Waals surface area (Å²) in [6.07, 6.45) is 7.53. The fourth-order valence-electron chi connectivity index (χ4n) is 2.22. The lowest BCUT2D eigenvalue weighted by atomic mass is 9.94. The van der Waals surface area contributed by atoms with E-state index in [9.17, 15) is 0 Å². The molecule has 100 valence electrons. The maximum absolute atomic E-state index is 3.68. The lowest BCUT2D eigenvalue weighted by molar-refractivity contribution is 0.544. The molecule has 1 aromatic rings. The predicted octanol–water partition coefficient (Wildman–Crippen LogP) is 4.43. The van der Waals surface area contributed by atoms with Crippen molar-refractivity contribution >= 4 is 27.7 Å². The van der Waals surface area contributed by atoms with Gasteiger partial charge in [0, 0.05) is 17.1 Å². The largest absolute Gasteiger partial charge is 0.313 e. The third-order valence-corrected chi connectivity index (χ3v) is 4.64. The number of hydrogen-bond acceptors (Lipinski definition) is 2. The summed E-state index contributed by atoms with van der Waals surface area (Å²) in [4.78, 5) is 0. The van der Waals surface area contributed by atoms with Crippen LogP contribution in [0.4, 0.5) is 0 Å². The van der Waals surface area contributed by atoms with Crippen molar-refractivity contribution in [2.24, 2.45) is 0 Å². The summed E-state index contributed by atoms with van der Waals surface area (Å²) in [7, 11) is 0. The van der Waals surface area contributed by atoms with Crippen molar-refractivity contribution in [1.29, 1.82) is 0 Å². The molecule has 1 saturated carbocycles. The van der Waals surface area contributed by atoms with Gasteiger partial charge in [0.2, 0.25) is 0 Å². The van der Waals surface area contributed by atoms with Crippen molar-refractivity contribution in [2.75, 3.05) is 18.6 Å². The van der Waals surface area contributed by atoms with Crippen LogP contribution in [0.2, 0.25) is 0 Å².